The van der Waals surface area contributed by atoms with E-state index >= 15 is 0 Å². The Balaban J connectivity index is 2.10. The molecule has 0 heterocycles. The average Bonchev–Trinajstić information content (AvgIpc) is 2.65. The summed E-state index contributed by atoms with van der Waals surface area (Å²) >= 11 is 0. The van der Waals surface area contributed by atoms with Crippen LogP contribution in [0.3, 0.4) is 0 Å². The monoisotopic (exact) mass is 328 g/mol. The molecule has 2 aromatic carbocycles. The minimum absolute atomic E-state index is 0.508. The van der Waals surface area contributed by atoms with Crippen molar-refractivity contribution in [2.24, 2.45) is 5.10 Å². The highest BCUT2D eigenvalue weighted by molar-refractivity contribution is 6.00. The average molecular weight is 328 g/mol. The number of aliphatic hydroxyl groups excluding tert-OH is 1. The number of hydrogen-bond acceptors (Lipinski definition) is 5. The zero-order valence-electron chi connectivity index (χ0n) is 13.8. The number of rotatable bonds is 6. The van der Waals surface area contributed by atoms with E-state index in [1.807, 2.05) is 6.07 Å². The van der Waals surface area contributed by atoms with Crippen molar-refractivity contribution in [2.45, 2.75) is 13.0 Å². The first kappa shape index (κ1) is 17.5. The van der Waals surface area contributed by atoms with Gasteiger partial charge in [0.15, 0.2) is 17.6 Å². The summed E-state index contributed by atoms with van der Waals surface area (Å²) < 4.78 is 10.4. The van der Waals surface area contributed by atoms with E-state index in [0.717, 1.165) is 5.56 Å². The van der Waals surface area contributed by atoms with Gasteiger partial charge in [-0.25, -0.2) is 5.43 Å². The number of carbonyl (C=O) groups excluding carboxylic acids is 1. The lowest BCUT2D eigenvalue weighted by molar-refractivity contribution is -0.129. The van der Waals surface area contributed by atoms with Crippen molar-refractivity contribution >= 4 is 11.6 Å². The molecule has 0 fully saturated rings. The van der Waals surface area contributed by atoms with Gasteiger partial charge in [-0.15, -0.1) is 0 Å². The first-order chi connectivity index (χ1) is 11.6. The molecule has 0 bridgehead atoms. The summed E-state index contributed by atoms with van der Waals surface area (Å²) in [4.78, 5) is 12.0. The Morgan fingerprint density at radius 2 is 1.75 bits per heavy atom. The van der Waals surface area contributed by atoms with E-state index in [-0.39, 0.29) is 0 Å². The zero-order chi connectivity index (χ0) is 17.5. The Kier molecular flexibility index (Phi) is 5.92. The van der Waals surface area contributed by atoms with Crippen LogP contribution < -0.4 is 14.9 Å². The molecule has 1 atom stereocenters. The highest BCUT2D eigenvalue weighted by atomic mass is 16.5. The van der Waals surface area contributed by atoms with Crippen molar-refractivity contribution in [1.29, 1.82) is 0 Å². The topological polar surface area (TPSA) is 80.2 Å². The number of amides is 1. The second-order valence-corrected chi connectivity index (χ2v) is 5.06. The number of hydrogen-bond donors (Lipinski definition) is 2. The molecule has 2 aromatic rings. The highest BCUT2D eigenvalue weighted by Gasteiger charge is 2.16. The van der Waals surface area contributed by atoms with Crippen LogP contribution in [0.4, 0.5) is 0 Å². The number of hydrazone groups is 1. The molecule has 0 saturated carbocycles. The lowest BCUT2D eigenvalue weighted by Crippen LogP contribution is -2.26. The number of aliphatic hydroxyl groups is 1. The summed E-state index contributed by atoms with van der Waals surface area (Å²) in [5.41, 5.74) is 4.22. The highest BCUT2D eigenvalue weighted by Crippen LogP contribution is 2.27. The van der Waals surface area contributed by atoms with Crippen LogP contribution in [0.15, 0.2) is 53.6 Å². The van der Waals surface area contributed by atoms with Crippen LogP contribution >= 0.6 is 0 Å². The molecule has 0 radical (unpaired) electrons. The molecule has 2 rings (SSSR count). The predicted molar refractivity (Wildman–Crippen MR) is 91.3 cm³/mol. The summed E-state index contributed by atoms with van der Waals surface area (Å²) in [5, 5.41) is 14.0. The predicted octanol–water partition coefficient (Wildman–Crippen LogP) is 2.28. The molecule has 2 N–H and O–H groups in total. The number of nitrogens with zero attached hydrogens (tertiary/aromatic N) is 1. The van der Waals surface area contributed by atoms with E-state index in [1.54, 1.807) is 63.6 Å². The number of carbonyl (C=O) groups is 1. The maximum Gasteiger partial charge on any atom is 0.273 e. The third-order valence-corrected chi connectivity index (χ3v) is 3.50. The van der Waals surface area contributed by atoms with E-state index in [9.17, 15) is 9.90 Å². The molecule has 126 valence electrons. The summed E-state index contributed by atoms with van der Waals surface area (Å²) in [6.07, 6.45) is -1.27. The summed E-state index contributed by atoms with van der Waals surface area (Å²) in [7, 11) is 3.11. The second kappa shape index (κ2) is 8.12. The molecular weight excluding hydrogens is 308 g/mol. The largest absolute Gasteiger partial charge is 0.493 e. The lowest BCUT2D eigenvalue weighted by atomic mass is 10.1. The van der Waals surface area contributed by atoms with E-state index in [1.165, 1.54) is 0 Å². The fraction of sp³-hybridized carbons (Fsp3) is 0.222. The minimum Gasteiger partial charge on any atom is -0.493 e. The summed E-state index contributed by atoms with van der Waals surface area (Å²) in [6, 6.07) is 14.0. The van der Waals surface area contributed by atoms with Crippen molar-refractivity contribution < 1.29 is 19.4 Å². The van der Waals surface area contributed by atoms with Gasteiger partial charge >= 0.3 is 0 Å². The molecule has 0 saturated heterocycles. The van der Waals surface area contributed by atoms with Crippen molar-refractivity contribution in [1.82, 2.24) is 5.43 Å². The van der Waals surface area contributed by atoms with Gasteiger partial charge < -0.3 is 14.6 Å². The Labute approximate surface area is 140 Å². The fourth-order valence-corrected chi connectivity index (χ4v) is 2.11. The molecule has 6 heteroatoms. The van der Waals surface area contributed by atoms with Crippen LogP contribution in [-0.2, 0) is 4.79 Å². The Hall–Kier alpha value is -2.86. The molecule has 1 amide bonds. The summed E-state index contributed by atoms with van der Waals surface area (Å²) in [5.74, 6) is 0.582. The number of nitrogens with one attached hydrogen (secondary N) is 1. The number of benzene rings is 2. The van der Waals surface area contributed by atoms with Gasteiger partial charge in [0, 0.05) is 5.56 Å². The first-order valence-electron chi connectivity index (χ1n) is 7.36. The van der Waals surface area contributed by atoms with Crippen LogP contribution in [0, 0.1) is 0 Å². The van der Waals surface area contributed by atoms with Gasteiger partial charge in [0.2, 0.25) is 0 Å². The van der Waals surface area contributed by atoms with E-state index in [4.69, 9.17) is 9.47 Å². The number of methoxy groups -OCH3 is 2. The second-order valence-electron chi connectivity index (χ2n) is 5.06. The Morgan fingerprint density at radius 3 is 2.38 bits per heavy atom. The molecule has 1 unspecified atom stereocenters. The summed E-state index contributed by atoms with van der Waals surface area (Å²) in [6.45, 7) is 1.75. The molecule has 24 heavy (non-hydrogen) atoms. The lowest BCUT2D eigenvalue weighted by Gasteiger charge is -2.11. The molecule has 6 nitrogen and oxygen atoms in total. The Bertz CT molecular complexity index is 729. The van der Waals surface area contributed by atoms with Crippen LogP contribution in [0.25, 0.3) is 0 Å². The smallest absolute Gasteiger partial charge is 0.273 e. The molecule has 0 aliphatic rings. The maximum atomic E-state index is 12.0. The molecule has 0 aliphatic carbocycles. The van der Waals surface area contributed by atoms with Crippen molar-refractivity contribution in [3.8, 4) is 11.5 Å². The van der Waals surface area contributed by atoms with E-state index < -0.39 is 12.0 Å². The zero-order valence-corrected chi connectivity index (χ0v) is 13.8. The van der Waals surface area contributed by atoms with Crippen molar-refractivity contribution in [3.63, 3.8) is 0 Å². The van der Waals surface area contributed by atoms with Gasteiger partial charge in [0.1, 0.15) is 0 Å². The molecule has 0 aliphatic heterocycles. The number of ether oxygens (including phenoxy) is 2. The van der Waals surface area contributed by atoms with E-state index in [2.05, 4.69) is 10.5 Å². The molecular formula is C18H20N2O4. The first-order valence-corrected chi connectivity index (χ1v) is 7.36. The van der Waals surface area contributed by atoms with Gasteiger partial charge in [-0.2, -0.15) is 5.10 Å². The van der Waals surface area contributed by atoms with Gasteiger partial charge in [-0.3, -0.25) is 4.79 Å². The van der Waals surface area contributed by atoms with Crippen molar-refractivity contribution in [2.75, 3.05) is 14.2 Å². The third kappa shape index (κ3) is 4.11. The fourth-order valence-electron chi connectivity index (χ4n) is 2.11. The van der Waals surface area contributed by atoms with Crippen molar-refractivity contribution in [3.05, 3.63) is 59.7 Å². The van der Waals surface area contributed by atoms with Crippen LogP contribution in [0.2, 0.25) is 0 Å². The standard InChI is InChI=1S/C18H20N2O4/c1-12(14-9-10-15(23-2)16(11-14)24-3)19-20-18(22)17(21)13-7-5-4-6-8-13/h4-11,17,21H,1-3H3,(H,20,22)/b19-12+. The quantitative estimate of drug-likeness (QED) is 0.630. The SMILES string of the molecule is COc1ccc(/C(C)=N/NC(=O)C(O)c2ccccc2)cc1OC. The molecule has 0 aromatic heterocycles. The maximum absolute atomic E-state index is 12.0. The minimum atomic E-state index is -1.27. The Morgan fingerprint density at radius 1 is 1.08 bits per heavy atom. The van der Waals surface area contributed by atoms with Crippen LogP contribution in [-0.4, -0.2) is 30.9 Å². The van der Waals surface area contributed by atoms with Gasteiger partial charge in [0.25, 0.3) is 5.91 Å². The van der Waals surface area contributed by atoms with Gasteiger partial charge in [-0.1, -0.05) is 30.3 Å². The van der Waals surface area contributed by atoms with Gasteiger partial charge in [0.05, 0.1) is 19.9 Å². The molecule has 0 spiro atoms. The normalized spacial score (nSPS) is 12.4. The van der Waals surface area contributed by atoms with Crippen LogP contribution in [0.5, 0.6) is 11.5 Å². The van der Waals surface area contributed by atoms with Crippen LogP contribution in [0.1, 0.15) is 24.2 Å². The van der Waals surface area contributed by atoms with Gasteiger partial charge in [-0.05, 0) is 30.7 Å². The van der Waals surface area contributed by atoms with E-state index in [0.29, 0.717) is 22.8 Å². The third-order valence-electron chi connectivity index (χ3n) is 3.50.